The van der Waals surface area contributed by atoms with Gasteiger partial charge in [-0.05, 0) is 37.8 Å². The van der Waals surface area contributed by atoms with Crippen LogP contribution in [0.25, 0.3) is 0 Å². The molecule has 0 bridgehead atoms. The Balaban J connectivity index is 1.56. The minimum absolute atomic E-state index is 0.00196. The van der Waals surface area contributed by atoms with Gasteiger partial charge in [-0.15, -0.1) is 0 Å². The molecule has 0 atom stereocenters. The Labute approximate surface area is 175 Å². The van der Waals surface area contributed by atoms with Gasteiger partial charge in [0.25, 0.3) is 0 Å². The molecule has 2 heterocycles. The van der Waals surface area contributed by atoms with Gasteiger partial charge < -0.3 is 10.6 Å². The maximum Gasteiger partial charge on any atom is 0.225 e. The minimum Gasteiger partial charge on any atom is -0.369 e. The van der Waals surface area contributed by atoms with E-state index in [1.165, 1.54) is 22.5 Å². The molecule has 29 heavy (non-hydrogen) atoms. The highest BCUT2D eigenvalue weighted by Crippen LogP contribution is 2.28. The van der Waals surface area contributed by atoms with Crippen LogP contribution in [0.1, 0.15) is 31.2 Å². The number of nitrogens with two attached hydrogens (primary N) is 1. The number of carbonyl (C=O) groups is 2. The molecule has 0 aromatic heterocycles. The molecule has 2 N–H and O–H groups in total. The van der Waals surface area contributed by atoms with E-state index < -0.39 is 21.6 Å². The van der Waals surface area contributed by atoms with Crippen molar-refractivity contribution in [3.8, 4) is 0 Å². The third-order valence-corrected chi connectivity index (χ3v) is 7.95. The summed E-state index contributed by atoms with van der Waals surface area (Å²) in [7, 11) is -3.74. The van der Waals surface area contributed by atoms with Crippen LogP contribution in [-0.2, 0) is 25.4 Å². The highest BCUT2D eigenvalue weighted by molar-refractivity contribution is 7.88. The molecule has 1 aromatic carbocycles. The molecule has 2 amide bonds. The predicted octanol–water partition coefficient (Wildman–Crippen LogP) is 1.74. The molecule has 0 radical (unpaired) electrons. The lowest BCUT2D eigenvalue weighted by Gasteiger charge is -2.36. The lowest BCUT2D eigenvalue weighted by atomic mass is 9.92. The fourth-order valence-electron chi connectivity index (χ4n) is 3.97. The molecule has 0 saturated carbocycles. The molecular weight excluding hydrogens is 421 g/mol. The second-order valence-electron chi connectivity index (χ2n) is 7.63. The van der Waals surface area contributed by atoms with Crippen molar-refractivity contribution in [2.24, 2.45) is 17.6 Å². The Morgan fingerprint density at radius 1 is 1.07 bits per heavy atom. The molecule has 0 unspecified atom stereocenters. The Morgan fingerprint density at radius 2 is 1.66 bits per heavy atom. The second kappa shape index (κ2) is 8.97. The second-order valence-corrected chi connectivity index (χ2v) is 10.0. The van der Waals surface area contributed by atoms with Crippen LogP contribution in [0.2, 0.25) is 5.02 Å². The van der Waals surface area contributed by atoms with Crippen molar-refractivity contribution in [3.63, 3.8) is 0 Å². The van der Waals surface area contributed by atoms with E-state index in [1.54, 1.807) is 4.90 Å². The first-order valence-electron chi connectivity index (χ1n) is 9.68. The molecule has 10 heteroatoms. The molecule has 2 fully saturated rings. The zero-order valence-corrected chi connectivity index (χ0v) is 17.6. The van der Waals surface area contributed by atoms with Crippen LogP contribution in [0.5, 0.6) is 0 Å². The fourth-order valence-corrected chi connectivity index (χ4v) is 5.88. The summed E-state index contributed by atoms with van der Waals surface area (Å²) in [6.07, 6.45) is 1.97. The normalized spacial score (nSPS) is 20.0. The first kappa shape index (κ1) is 22.0. The lowest BCUT2D eigenvalue weighted by molar-refractivity contribution is -0.139. The van der Waals surface area contributed by atoms with Gasteiger partial charge in [-0.2, -0.15) is 0 Å². The van der Waals surface area contributed by atoms with Crippen molar-refractivity contribution < 1.29 is 22.4 Å². The van der Waals surface area contributed by atoms with Crippen molar-refractivity contribution >= 4 is 33.4 Å². The number of hydrogen-bond donors (Lipinski definition) is 1. The average molecular weight is 446 g/mol. The van der Waals surface area contributed by atoms with Crippen molar-refractivity contribution in [1.82, 2.24) is 9.21 Å². The third-order valence-electron chi connectivity index (χ3n) is 5.79. The summed E-state index contributed by atoms with van der Waals surface area (Å²) >= 11 is 5.95. The quantitative estimate of drug-likeness (QED) is 0.745. The van der Waals surface area contributed by atoms with E-state index in [0.717, 1.165) is 0 Å². The van der Waals surface area contributed by atoms with Crippen LogP contribution in [-0.4, -0.2) is 55.6 Å². The number of halogens is 2. The number of carbonyl (C=O) groups excluding carboxylic acids is 2. The summed E-state index contributed by atoms with van der Waals surface area (Å²) in [6, 6.07) is 4.07. The molecule has 160 valence electrons. The van der Waals surface area contributed by atoms with Crippen LogP contribution in [0.4, 0.5) is 4.39 Å². The molecule has 0 spiro atoms. The van der Waals surface area contributed by atoms with E-state index >= 15 is 0 Å². The van der Waals surface area contributed by atoms with E-state index in [4.69, 9.17) is 17.3 Å². The van der Waals surface area contributed by atoms with E-state index in [-0.39, 0.29) is 47.3 Å². The summed E-state index contributed by atoms with van der Waals surface area (Å²) in [4.78, 5) is 25.7. The Morgan fingerprint density at radius 3 is 2.21 bits per heavy atom. The molecule has 2 aliphatic heterocycles. The van der Waals surface area contributed by atoms with Crippen LogP contribution in [0.15, 0.2) is 18.2 Å². The number of nitrogens with zero attached hydrogens (tertiary/aromatic N) is 2. The van der Waals surface area contributed by atoms with Gasteiger partial charge in [-0.3, -0.25) is 9.59 Å². The number of sulfonamides is 1. The largest absolute Gasteiger partial charge is 0.369 e. The standard InChI is InChI=1S/C19H25ClFN3O4S/c20-16-2-1-3-17(21)15(16)12-29(27,28)24-10-6-14(7-11-24)19(26)23-8-4-13(5-9-23)18(22)25/h1-3,13-14H,4-12H2,(H2,22,25). The van der Waals surface area contributed by atoms with Crippen molar-refractivity contribution in [3.05, 3.63) is 34.6 Å². The van der Waals surface area contributed by atoms with Gasteiger partial charge >= 0.3 is 0 Å². The van der Waals surface area contributed by atoms with Crippen molar-refractivity contribution in [1.29, 1.82) is 0 Å². The highest BCUT2D eigenvalue weighted by atomic mass is 35.5. The van der Waals surface area contributed by atoms with Gasteiger partial charge in [0.1, 0.15) is 5.82 Å². The van der Waals surface area contributed by atoms with E-state index in [1.807, 2.05) is 0 Å². The Hall–Kier alpha value is -1.71. The monoisotopic (exact) mass is 445 g/mol. The first-order valence-corrected chi connectivity index (χ1v) is 11.7. The molecule has 3 rings (SSSR count). The van der Waals surface area contributed by atoms with Gasteiger partial charge in [0.2, 0.25) is 21.8 Å². The van der Waals surface area contributed by atoms with Crippen LogP contribution in [0, 0.1) is 17.7 Å². The molecule has 1 aromatic rings. The molecule has 2 aliphatic rings. The van der Waals surface area contributed by atoms with Crippen LogP contribution < -0.4 is 5.73 Å². The summed E-state index contributed by atoms with van der Waals surface area (Å²) in [5, 5.41) is 0.0815. The van der Waals surface area contributed by atoms with Gasteiger partial charge in [0.05, 0.1) is 5.75 Å². The highest BCUT2D eigenvalue weighted by Gasteiger charge is 2.35. The average Bonchev–Trinajstić information content (AvgIpc) is 2.70. The smallest absolute Gasteiger partial charge is 0.225 e. The van der Waals surface area contributed by atoms with E-state index in [2.05, 4.69) is 0 Å². The zero-order valence-electron chi connectivity index (χ0n) is 16.0. The number of rotatable bonds is 5. The first-order chi connectivity index (χ1) is 13.7. The molecular formula is C19H25ClFN3O4S. The number of benzene rings is 1. The summed E-state index contributed by atoms with van der Waals surface area (Å²) in [6.45, 7) is 1.42. The Bertz CT molecular complexity index is 859. The number of hydrogen-bond acceptors (Lipinski definition) is 4. The molecule has 0 aliphatic carbocycles. The Kier molecular flexibility index (Phi) is 6.80. The summed E-state index contributed by atoms with van der Waals surface area (Å²) in [5.74, 6) is -1.91. The number of likely N-dealkylation sites (tertiary alicyclic amines) is 1. The zero-order chi connectivity index (χ0) is 21.2. The third kappa shape index (κ3) is 5.07. The molecule has 7 nitrogen and oxygen atoms in total. The maximum absolute atomic E-state index is 14.0. The lowest BCUT2D eigenvalue weighted by Crippen LogP contribution is -2.47. The number of primary amides is 1. The predicted molar refractivity (Wildman–Crippen MR) is 107 cm³/mol. The van der Waals surface area contributed by atoms with E-state index in [9.17, 15) is 22.4 Å². The van der Waals surface area contributed by atoms with E-state index in [0.29, 0.717) is 38.8 Å². The molecule has 2 saturated heterocycles. The van der Waals surface area contributed by atoms with Gasteiger partial charge in [-0.25, -0.2) is 17.1 Å². The van der Waals surface area contributed by atoms with Crippen LogP contribution >= 0.6 is 11.6 Å². The van der Waals surface area contributed by atoms with Gasteiger partial charge in [0.15, 0.2) is 0 Å². The number of amides is 2. The van der Waals surface area contributed by atoms with Crippen molar-refractivity contribution in [2.75, 3.05) is 26.2 Å². The van der Waals surface area contributed by atoms with Gasteiger partial charge in [0, 0.05) is 48.6 Å². The van der Waals surface area contributed by atoms with Gasteiger partial charge in [-0.1, -0.05) is 17.7 Å². The number of piperidine rings is 2. The summed E-state index contributed by atoms with van der Waals surface area (Å²) < 4.78 is 40.7. The topological polar surface area (TPSA) is 101 Å². The summed E-state index contributed by atoms with van der Waals surface area (Å²) in [5.41, 5.74) is 5.29. The van der Waals surface area contributed by atoms with Crippen LogP contribution in [0.3, 0.4) is 0 Å². The minimum atomic E-state index is -3.74. The fraction of sp³-hybridized carbons (Fsp3) is 0.579. The van der Waals surface area contributed by atoms with Crippen molar-refractivity contribution in [2.45, 2.75) is 31.4 Å². The SMILES string of the molecule is NC(=O)C1CCN(C(=O)C2CCN(S(=O)(=O)Cc3c(F)cccc3Cl)CC2)CC1. The maximum atomic E-state index is 14.0.